The van der Waals surface area contributed by atoms with Crippen LogP contribution in [-0.4, -0.2) is 33.8 Å². The molecule has 0 aliphatic carbocycles. The van der Waals surface area contributed by atoms with Crippen LogP contribution in [0.1, 0.15) is 26.7 Å². The van der Waals surface area contributed by atoms with Gasteiger partial charge in [-0.15, -0.1) is 0 Å². The maximum absolute atomic E-state index is 12.4. The zero-order valence-corrected chi connectivity index (χ0v) is 14.8. The molecule has 1 aromatic rings. The highest BCUT2D eigenvalue weighted by Gasteiger charge is 2.31. The van der Waals surface area contributed by atoms with Crippen molar-refractivity contribution in [3.05, 3.63) is 22.7 Å². The molecule has 1 N–H and O–H groups in total. The molecular weight excluding hydrogens is 358 g/mol. The van der Waals surface area contributed by atoms with Gasteiger partial charge in [-0.1, -0.05) is 0 Å². The van der Waals surface area contributed by atoms with E-state index in [2.05, 4.69) is 20.7 Å². The van der Waals surface area contributed by atoms with Crippen molar-refractivity contribution in [2.75, 3.05) is 13.7 Å². The van der Waals surface area contributed by atoms with Crippen LogP contribution in [0.15, 0.2) is 27.6 Å². The minimum Gasteiger partial charge on any atom is -0.496 e. The number of methoxy groups -OCH3 is 1. The van der Waals surface area contributed by atoms with Crippen LogP contribution in [0.5, 0.6) is 5.75 Å². The van der Waals surface area contributed by atoms with Gasteiger partial charge in [0.05, 0.1) is 22.1 Å². The van der Waals surface area contributed by atoms with Crippen LogP contribution in [0.4, 0.5) is 0 Å². The number of nitrogens with one attached hydrogen (secondary N) is 1. The van der Waals surface area contributed by atoms with Gasteiger partial charge in [0.25, 0.3) is 0 Å². The molecule has 7 heteroatoms. The van der Waals surface area contributed by atoms with E-state index in [1.807, 2.05) is 13.8 Å². The Morgan fingerprint density at radius 2 is 2.14 bits per heavy atom. The van der Waals surface area contributed by atoms with Crippen molar-refractivity contribution in [3.63, 3.8) is 0 Å². The molecule has 0 amide bonds. The summed E-state index contributed by atoms with van der Waals surface area (Å²) in [6, 6.07) is 4.61. The molecule has 21 heavy (non-hydrogen) atoms. The first-order valence-electron chi connectivity index (χ1n) is 6.73. The van der Waals surface area contributed by atoms with E-state index in [1.165, 1.54) is 13.2 Å². The van der Waals surface area contributed by atoms with E-state index in [0.29, 0.717) is 29.7 Å². The molecule has 2 rings (SSSR count). The molecule has 5 nitrogen and oxygen atoms in total. The highest BCUT2D eigenvalue weighted by Crippen LogP contribution is 2.29. The second-order valence-electron chi connectivity index (χ2n) is 5.72. The average Bonchev–Trinajstić information content (AvgIpc) is 2.36. The van der Waals surface area contributed by atoms with Crippen LogP contribution in [0.3, 0.4) is 0 Å². The fraction of sp³-hybridized carbons (Fsp3) is 0.571. The number of hydrogen-bond acceptors (Lipinski definition) is 4. The molecule has 0 bridgehead atoms. The normalized spacial score (nSPS) is 22.0. The number of ether oxygens (including phenoxy) is 2. The van der Waals surface area contributed by atoms with Crippen LogP contribution in [0, 0.1) is 0 Å². The number of halogens is 1. The van der Waals surface area contributed by atoms with Crippen LogP contribution in [0.2, 0.25) is 0 Å². The molecule has 0 radical (unpaired) electrons. The van der Waals surface area contributed by atoms with E-state index < -0.39 is 10.0 Å². The Bertz CT molecular complexity index is 615. The van der Waals surface area contributed by atoms with E-state index in [9.17, 15) is 8.42 Å². The lowest BCUT2D eigenvalue weighted by Crippen LogP contribution is -2.45. The van der Waals surface area contributed by atoms with Crippen molar-refractivity contribution in [1.82, 2.24) is 4.72 Å². The summed E-state index contributed by atoms with van der Waals surface area (Å²) in [4.78, 5) is 0.222. The van der Waals surface area contributed by atoms with Crippen molar-refractivity contribution < 1.29 is 17.9 Å². The first kappa shape index (κ1) is 16.7. The SMILES string of the molecule is COc1ccc(S(=O)(=O)NC2CCOC(C)(C)C2)cc1Br. The van der Waals surface area contributed by atoms with Crippen molar-refractivity contribution in [2.24, 2.45) is 0 Å². The predicted molar refractivity (Wildman–Crippen MR) is 84.1 cm³/mol. The highest BCUT2D eigenvalue weighted by atomic mass is 79.9. The third kappa shape index (κ3) is 4.18. The minimum atomic E-state index is -3.55. The second kappa shape index (κ2) is 6.24. The number of rotatable bonds is 4. The van der Waals surface area contributed by atoms with Gasteiger partial charge in [0.15, 0.2) is 0 Å². The van der Waals surface area contributed by atoms with Gasteiger partial charge in [-0.25, -0.2) is 13.1 Å². The summed E-state index contributed by atoms with van der Waals surface area (Å²) in [6.07, 6.45) is 1.34. The molecule has 0 aromatic heterocycles. The second-order valence-corrected chi connectivity index (χ2v) is 8.28. The van der Waals surface area contributed by atoms with Crippen LogP contribution in [-0.2, 0) is 14.8 Å². The third-order valence-electron chi connectivity index (χ3n) is 3.45. The van der Waals surface area contributed by atoms with E-state index in [1.54, 1.807) is 12.1 Å². The van der Waals surface area contributed by atoms with Gasteiger partial charge in [0.2, 0.25) is 10.0 Å². The van der Waals surface area contributed by atoms with Gasteiger partial charge >= 0.3 is 0 Å². The van der Waals surface area contributed by atoms with E-state index in [0.717, 1.165) is 0 Å². The lowest BCUT2D eigenvalue weighted by Gasteiger charge is -2.35. The fourth-order valence-corrected chi connectivity index (χ4v) is 4.42. The summed E-state index contributed by atoms with van der Waals surface area (Å²) >= 11 is 3.31. The lowest BCUT2D eigenvalue weighted by atomic mass is 9.95. The van der Waals surface area contributed by atoms with E-state index in [4.69, 9.17) is 9.47 Å². The summed E-state index contributed by atoms with van der Waals surface area (Å²) in [5.74, 6) is 0.598. The van der Waals surface area contributed by atoms with Gasteiger partial charge in [-0.05, 0) is 60.8 Å². The topological polar surface area (TPSA) is 64.6 Å². The standard InChI is InChI=1S/C14H20BrNO4S/c1-14(2)9-10(6-7-20-14)16-21(17,18)11-4-5-13(19-3)12(15)8-11/h4-5,8,10,16H,6-7,9H2,1-3H3. The summed E-state index contributed by atoms with van der Waals surface area (Å²) in [5.41, 5.74) is -0.300. The lowest BCUT2D eigenvalue weighted by molar-refractivity contribution is -0.0599. The zero-order valence-electron chi connectivity index (χ0n) is 12.3. The quantitative estimate of drug-likeness (QED) is 0.875. The highest BCUT2D eigenvalue weighted by molar-refractivity contribution is 9.10. The van der Waals surface area contributed by atoms with Gasteiger partial charge in [-0.2, -0.15) is 0 Å². The van der Waals surface area contributed by atoms with Gasteiger partial charge in [0, 0.05) is 12.6 Å². The average molecular weight is 378 g/mol. The smallest absolute Gasteiger partial charge is 0.240 e. The fourth-order valence-electron chi connectivity index (χ4n) is 2.43. The maximum Gasteiger partial charge on any atom is 0.240 e. The molecule has 1 fully saturated rings. The van der Waals surface area contributed by atoms with Gasteiger partial charge < -0.3 is 9.47 Å². The molecule has 1 heterocycles. The van der Waals surface area contributed by atoms with Crippen molar-refractivity contribution in [1.29, 1.82) is 0 Å². The summed E-state index contributed by atoms with van der Waals surface area (Å²) in [7, 11) is -2.01. The van der Waals surface area contributed by atoms with Crippen LogP contribution in [0.25, 0.3) is 0 Å². The minimum absolute atomic E-state index is 0.111. The summed E-state index contributed by atoms with van der Waals surface area (Å²) < 4.78 is 39.0. The van der Waals surface area contributed by atoms with Crippen molar-refractivity contribution in [2.45, 2.75) is 43.2 Å². The van der Waals surface area contributed by atoms with E-state index in [-0.39, 0.29) is 16.5 Å². The molecule has 1 unspecified atom stereocenters. The van der Waals surface area contributed by atoms with Crippen molar-refractivity contribution >= 4 is 26.0 Å². The Labute approximate surface area is 134 Å². The molecule has 118 valence electrons. The van der Waals surface area contributed by atoms with Gasteiger partial charge in [0.1, 0.15) is 5.75 Å². The Hall–Kier alpha value is -0.630. The number of benzene rings is 1. The summed E-state index contributed by atoms with van der Waals surface area (Å²) in [5, 5.41) is 0. The Balaban J connectivity index is 2.17. The number of hydrogen-bond donors (Lipinski definition) is 1. The van der Waals surface area contributed by atoms with Gasteiger partial charge in [-0.3, -0.25) is 0 Å². The largest absolute Gasteiger partial charge is 0.496 e. The first-order chi connectivity index (χ1) is 9.73. The molecule has 1 saturated heterocycles. The Morgan fingerprint density at radius 3 is 2.71 bits per heavy atom. The molecule has 1 aromatic carbocycles. The number of sulfonamides is 1. The molecular formula is C14H20BrNO4S. The van der Waals surface area contributed by atoms with Crippen LogP contribution >= 0.6 is 15.9 Å². The monoisotopic (exact) mass is 377 g/mol. The molecule has 1 aliphatic rings. The zero-order chi connectivity index (χ0) is 15.7. The molecule has 1 aliphatic heterocycles. The Kier molecular flexibility index (Phi) is 4.97. The van der Waals surface area contributed by atoms with Crippen LogP contribution < -0.4 is 9.46 Å². The van der Waals surface area contributed by atoms with E-state index >= 15 is 0 Å². The molecule has 1 atom stereocenters. The molecule has 0 saturated carbocycles. The predicted octanol–water partition coefficient (Wildman–Crippen LogP) is 2.69. The Morgan fingerprint density at radius 1 is 1.43 bits per heavy atom. The maximum atomic E-state index is 12.4. The van der Waals surface area contributed by atoms with Crippen molar-refractivity contribution in [3.8, 4) is 5.75 Å². The third-order valence-corrected chi connectivity index (χ3v) is 5.59. The molecule has 0 spiro atoms. The summed E-state index contributed by atoms with van der Waals surface area (Å²) in [6.45, 7) is 4.50. The first-order valence-corrected chi connectivity index (χ1v) is 9.01.